The number of nitrogen functional groups attached to an aromatic ring is 1. The molecule has 4 heteroatoms. The molecular formula is C17H20N2O2. The molecule has 0 aliphatic heterocycles. The van der Waals surface area contributed by atoms with Crippen molar-refractivity contribution in [1.29, 1.82) is 0 Å². The van der Waals surface area contributed by atoms with Crippen LogP contribution >= 0.6 is 0 Å². The van der Waals surface area contributed by atoms with E-state index in [0.29, 0.717) is 11.3 Å². The summed E-state index contributed by atoms with van der Waals surface area (Å²) in [4.78, 5) is 17.2. The Morgan fingerprint density at radius 1 is 1.05 bits per heavy atom. The zero-order valence-corrected chi connectivity index (χ0v) is 12.5. The molecule has 0 atom stereocenters. The van der Waals surface area contributed by atoms with Crippen LogP contribution in [0.3, 0.4) is 0 Å². The number of nitrogens with one attached hydrogen (secondary N) is 1. The second-order valence-corrected chi connectivity index (χ2v) is 5.85. The van der Waals surface area contributed by atoms with E-state index in [-0.39, 0.29) is 5.91 Å². The second kappa shape index (κ2) is 5.97. The average molecular weight is 284 g/mol. The van der Waals surface area contributed by atoms with Crippen LogP contribution in [0.2, 0.25) is 0 Å². The van der Waals surface area contributed by atoms with Crippen molar-refractivity contribution in [3.63, 3.8) is 0 Å². The van der Waals surface area contributed by atoms with E-state index in [1.807, 2.05) is 57.2 Å². The number of rotatable bonds is 3. The highest BCUT2D eigenvalue weighted by molar-refractivity contribution is 5.94. The van der Waals surface area contributed by atoms with E-state index < -0.39 is 5.60 Å². The Labute approximate surface area is 124 Å². The zero-order valence-electron chi connectivity index (χ0n) is 12.5. The molecule has 0 saturated heterocycles. The van der Waals surface area contributed by atoms with Crippen molar-refractivity contribution in [3.8, 4) is 11.1 Å². The maximum Gasteiger partial charge on any atom is 0.274 e. The smallest absolute Gasteiger partial charge is 0.274 e. The molecule has 2 aromatic carbocycles. The molecule has 0 spiro atoms. The van der Waals surface area contributed by atoms with E-state index in [1.54, 1.807) is 12.1 Å². The Morgan fingerprint density at radius 3 is 2.29 bits per heavy atom. The molecule has 4 nitrogen and oxygen atoms in total. The van der Waals surface area contributed by atoms with Crippen molar-refractivity contribution in [2.24, 2.45) is 0 Å². The number of hydrogen-bond donors (Lipinski definition) is 2. The first-order valence-corrected chi connectivity index (χ1v) is 6.79. The van der Waals surface area contributed by atoms with Crippen molar-refractivity contribution >= 4 is 11.6 Å². The summed E-state index contributed by atoms with van der Waals surface area (Å²) in [5.74, 6) is -0.260. The van der Waals surface area contributed by atoms with Crippen molar-refractivity contribution in [3.05, 3.63) is 54.1 Å². The van der Waals surface area contributed by atoms with E-state index in [2.05, 4.69) is 5.48 Å². The fraction of sp³-hybridized carbons (Fsp3) is 0.235. The molecule has 1 amide bonds. The Balaban J connectivity index is 2.10. The van der Waals surface area contributed by atoms with Crippen LogP contribution in [0.25, 0.3) is 11.1 Å². The summed E-state index contributed by atoms with van der Waals surface area (Å²) >= 11 is 0. The minimum Gasteiger partial charge on any atom is -0.399 e. The molecule has 2 aromatic rings. The van der Waals surface area contributed by atoms with Crippen LogP contribution in [0.1, 0.15) is 31.1 Å². The molecular weight excluding hydrogens is 264 g/mol. The van der Waals surface area contributed by atoms with Crippen LogP contribution in [0.15, 0.2) is 48.5 Å². The summed E-state index contributed by atoms with van der Waals surface area (Å²) in [6.07, 6.45) is 0. The molecule has 0 heterocycles. The SMILES string of the molecule is CC(C)(C)ONC(=O)c1ccc(-c2cccc(N)c2)cc1. The number of hydroxylamine groups is 1. The third-order valence-corrected chi connectivity index (χ3v) is 2.82. The van der Waals surface area contributed by atoms with Gasteiger partial charge in [-0.3, -0.25) is 9.63 Å². The van der Waals surface area contributed by atoms with Crippen molar-refractivity contribution in [2.45, 2.75) is 26.4 Å². The summed E-state index contributed by atoms with van der Waals surface area (Å²) in [7, 11) is 0. The molecule has 0 fully saturated rings. The second-order valence-electron chi connectivity index (χ2n) is 5.85. The summed E-state index contributed by atoms with van der Waals surface area (Å²) in [5.41, 5.74) is 11.1. The van der Waals surface area contributed by atoms with Gasteiger partial charge in [-0.1, -0.05) is 24.3 Å². The third kappa shape index (κ3) is 4.33. The molecule has 2 rings (SSSR count). The third-order valence-electron chi connectivity index (χ3n) is 2.82. The predicted octanol–water partition coefficient (Wildman–Crippen LogP) is 3.40. The van der Waals surface area contributed by atoms with Crippen molar-refractivity contribution in [1.82, 2.24) is 5.48 Å². The fourth-order valence-electron chi connectivity index (χ4n) is 1.79. The Kier molecular flexibility index (Phi) is 4.29. The number of nitrogens with two attached hydrogens (primary N) is 1. The van der Waals surface area contributed by atoms with Gasteiger partial charge in [-0.05, 0) is 56.2 Å². The van der Waals surface area contributed by atoms with E-state index in [1.165, 1.54) is 0 Å². The normalized spacial score (nSPS) is 11.2. The largest absolute Gasteiger partial charge is 0.399 e. The molecule has 110 valence electrons. The molecule has 21 heavy (non-hydrogen) atoms. The molecule has 3 N–H and O–H groups in total. The number of anilines is 1. The van der Waals surface area contributed by atoms with Crippen LogP contribution < -0.4 is 11.2 Å². The Morgan fingerprint density at radius 2 is 1.71 bits per heavy atom. The highest BCUT2D eigenvalue weighted by Crippen LogP contribution is 2.21. The standard InChI is InChI=1S/C17H20N2O2/c1-17(2,3)21-19-16(20)13-9-7-12(8-10-13)14-5-4-6-15(18)11-14/h4-11H,18H2,1-3H3,(H,19,20). The van der Waals surface area contributed by atoms with E-state index >= 15 is 0 Å². The summed E-state index contributed by atoms with van der Waals surface area (Å²) in [6.45, 7) is 5.61. The molecule has 0 aliphatic rings. The molecule has 0 aliphatic carbocycles. The molecule has 0 unspecified atom stereocenters. The lowest BCUT2D eigenvalue weighted by molar-refractivity contribution is -0.0589. The number of benzene rings is 2. The van der Waals surface area contributed by atoms with Gasteiger partial charge in [0.2, 0.25) is 0 Å². The fourth-order valence-corrected chi connectivity index (χ4v) is 1.79. The summed E-state index contributed by atoms with van der Waals surface area (Å²) in [6, 6.07) is 14.9. The number of carbonyl (C=O) groups excluding carboxylic acids is 1. The zero-order chi connectivity index (χ0) is 15.5. The highest BCUT2D eigenvalue weighted by Gasteiger charge is 2.13. The lowest BCUT2D eigenvalue weighted by Crippen LogP contribution is -2.33. The first-order valence-electron chi connectivity index (χ1n) is 6.79. The van der Waals surface area contributed by atoms with Gasteiger partial charge in [-0.25, -0.2) is 5.48 Å². The average Bonchev–Trinajstić information content (AvgIpc) is 2.44. The molecule has 0 bridgehead atoms. The minimum atomic E-state index is -0.419. The van der Waals surface area contributed by atoms with Gasteiger partial charge in [-0.2, -0.15) is 0 Å². The number of amides is 1. The monoisotopic (exact) mass is 284 g/mol. The van der Waals surface area contributed by atoms with E-state index in [0.717, 1.165) is 11.1 Å². The Hall–Kier alpha value is -2.33. The minimum absolute atomic E-state index is 0.260. The van der Waals surface area contributed by atoms with Crippen LogP contribution in [-0.4, -0.2) is 11.5 Å². The van der Waals surface area contributed by atoms with Crippen LogP contribution in [-0.2, 0) is 4.84 Å². The summed E-state index contributed by atoms with van der Waals surface area (Å²) < 4.78 is 0. The van der Waals surface area contributed by atoms with Gasteiger partial charge in [0, 0.05) is 11.3 Å². The van der Waals surface area contributed by atoms with Crippen molar-refractivity contribution < 1.29 is 9.63 Å². The quantitative estimate of drug-likeness (QED) is 0.670. The lowest BCUT2D eigenvalue weighted by Gasteiger charge is -2.18. The van der Waals surface area contributed by atoms with Crippen LogP contribution in [0.4, 0.5) is 5.69 Å². The number of hydrogen-bond acceptors (Lipinski definition) is 3. The highest BCUT2D eigenvalue weighted by atomic mass is 16.7. The lowest BCUT2D eigenvalue weighted by atomic mass is 10.0. The maximum atomic E-state index is 11.9. The maximum absolute atomic E-state index is 11.9. The first kappa shape index (κ1) is 15.1. The van der Waals surface area contributed by atoms with Gasteiger partial charge < -0.3 is 5.73 Å². The molecule has 0 radical (unpaired) electrons. The molecule has 0 saturated carbocycles. The Bertz CT molecular complexity index is 628. The van der Waals surface area contributed by atoms with Gasteiger partial charge in [0.1, 0.15) is 0 Å². The first-order chi connectivity index (χ1) is 9.85. The van der Waals surface area contributed by atoms with Gasteiger partial charge in [0.25, 0.3) is 5.91 Å². The number of carbonyl (C=O) groups is 1. The van der Waals surface area contributed by atoms with Crippen LogP contribution in [0, 0.1) is 0 Å². The van der Waals surface area contributed by atoms with E-state index in [9.17, 15) is 4.79 Å². The van der Waals surface area contributed by atoms with Gasteiger partial charge in [0.15, 0.2) is 0 Å². The van der Waals surface area contributed by atoms with Crippen LogP contribution in [0.5, 0.6) is 0 Å². The predicted molar refractivity (Wildman–Crippen MR) is 84.6 cm³/mol. The molecule has 0 aromatic heterocycles. The van der Waals surface area contributed by atoms with Gasteiger partial charge in [0.05, 0.1) is 5.60 Å². The van der Waals surface area contributed by atoms with Gasteiger partial charge >= 0.3 is 0 Å². The summed E-state index contributed by atoms with van der Waals surface area (Å²) in [5, 5.41) is 0. The van der Waals surface area contributed by atoms with Gasteiger partial charge in [-0.15, -0.1) is 0 Å². The van der Waals surface area contributed by atoms with Crippen molar-refractivity contribution in [2.75, 3.05) is 5.73 Å². The van der Waals surface area contributed by atoms with E-state index in [4.69, 9.17) is 10.6 Å². The topological polar surface area (TPSA) is 64.3 Å².